The molecule has 5 heteroatoms. The van der Waals surface area contributed by atoms with Gasteiger partial charge in [0, 0.05) is 17.4 Å². The van der Waals surface area contributed by atoms with E-state index in [0.717, 1.165) is 45.8 Å². The molecule has 1 aliphatic heterocycles. The second kappa shape index (κ2) is 6.21. The molecule has 2 N–H and O–H groups in total. The van der Waals surface area contributed by atoms with Gasteiger partial charge in [0.25, 0.3) is 0 Å². The average Bonchev–Trinajstić information content (AvgIpc) is 2.84. The van der Waals surface area contributed by atoms with Crippen molar-refractivity contribution in [3.63, 3.8) is 0 Å². The zero-order valence-corrected chi connectivity index (χ0v) is 15.2. The summed E-state index contributed by atoms with van der Waals surface area (Å²) < 4.78 is 0. The van der Waals surface area contributed by atoms with Crippen LogP contribution in [0.15, 0.2) is 23.2 Å². The van der Waals surface area contributed by atoms with Crippen molar-refractivity contribution in [3.05, 3.63) is 40.5 Å². The summed E-state index contributed by atoms with van der Waals surface area (Å²) >= 11 is 6.44. The molecule has 0 amide bonds. The molecule has 3 rings (SSSR count). The first-order valence-corrected chi connectivity index (χ1v) is 9.00. The Kier molecular flexibility index (Phi) is 4.43. The van der Waals surface area contributed by atoms with Gasteiger partial charge in [0.1, 0.15) is 4.99 Å². The minimum absolute atomic E-state index is 0.0985. The van der Waals surface area contributed by atoms with E-state index < -0.39 is 0 Å². The zero-order valence-electron chi connectivity index (χ0n) is 13.6. The highest BCUT2D eigenvalue weighted by Crippen LogP contribution is 2.42. The van der Waals surface area contributed by atoms with Gasteiger partial charge in [-0.1, -0.05) is 24.4 Å². The highest BCUT2D eigenvalue weighted by molar-refractivity contribution is 8.27. The van der Waals surface area contributed by atoms with E-state index in [-0.39, 0.29) is 17.0 Å². The van der Waals surface area contributed by atoms with E-state index >= 15 is 0 Å². The molecule has 3 nitrogen and oxygen atoms in total. The Hall–Kier alpha value is -1.46. The van der Waals surface area contributed by atoms with Crippen LogP contribution in [-0.4, -0.2) is 15.1 Å². The molecule has 1 saturated heterocycles. The van der Waals surface area contributed by atoms with Gasteiger partial charge in [-0.3, -0.25) is 4.79 Å². The van der Waals surface area contributed by atoms with E-state index in [0.29, 0.717) is 4.99 Å². The molecule has 0 aromatic heterocycles. The molecule has 2 aliphatic rings. The van der Waals surface area contributed by atoms with Gasteiger partial charge in [0.15, 0.2) is 5.12 Å². The number of thiocarbonyl (C=S) groups is 1. The number of hydrogen-bond acceptors (Lipinski definition) is 4. The van der Waals surface area contributed by atoms with Crippen LogP contribution >= 0.6 is 24.0 Å². The van der Waals surface area contributed by atoms with Crippen LogP contribution in [0.5, 0.6) is 0 Å². The normalized spacial score (nSPS) is 25.0. The Morgan fingerprint density at radius 2 is 2.09 bits per heavy atom. The topological polar surface area (TPSA) is 55.4 Å². The lowest BCUT2D eigenvalue weighted by atomic mass is 9.86. The third-order valence-corrected chi connectivity index (χ3v) is 6.05. The lowest BCUT2D eigenvalue weighted by Crippen LogP contribution is -2.18. The van der Waals surface area contributed by atoms with Crippen molar-refractivity contribution in [2.45, 2.75) is 33.6 Å². The molecule has 0 saturated carbocycles. The third-order valence-electron chi connectivity index (χ3n) is 4.76. The quantitative estimate of drug-likeness (QED) is 0.647. The number of carbonyl (C=O) groups excluding carboxylic acids is 1. The molecule has 0 radical (unpaired) electrons. The van der Waals surface area contributed by atoms with Gasteiger partial charge in [0.05, 0.1) is 10.7 Å². The van der Waals surface area contributed by atoms with Gasteiger partial charge >= 0.3 is 0 Å². The predicted molar refractivity (Wildman–Crippen MR) is 102 cm³/mol. The highest BCUT2D eigenvalue weighted by Gasteiger charge is 2.40. The summed E-state index contributed by atoms with van der Waals surface area (Å²) in [5, 5.41) is 1.18. The number of aryl methyl sites for hydroxylation is 1. The first-order valence-electron chi connectivity index (χ1n) is 7.77. The Balaban J connectivity index is 2.08. The number of hydrogen-bond donors (Lipinski definition) is 1. The number of fused-ring (bicyclic) bond motifs is 1. The number of benzene rings is 1. The molecule has 120 valence electrons. The summed E-state index contributed by atoms with van der Waals surface area (Å²) in [6.07, 6.45) is 6.23. The molecular formula is C18H20N2OS2. The molecule has 1 fully saturated rings. The molecule has 1 aromatic carbocycles. The van der Waals surface area contributed by atoms with Crippen LogP contribution in [-0.2, 0) is 4.79 Å². The lowest BCUT2D eigenvalue weighted by molar-refractivity contribution is -0.114. The Labute approximate surface area is 146 Å². The number of aliphatic imine (C=N–C) groups is 1. The molecule has 1 aliphatic carbocycles. The Bertz CT molecular complexity index is 765. The second-order valence-corrected chi connectivity index (χ2v) is 7.68. The molecule has 1 aromatic rings. The minimum Gasteiger partial charge on any atom is -0.389 e. The Morgan fingerprint density at radius 3 is 2.78 bits per heavy atom. The van der Waals surface area contributed by atoms with Gasteiger partial charge in [-0.05, 0) is 68.1 Å². The molecule has 1 heterocycles. The van der Waals surface area contributed by atoms with E-state index in [1.807, 2.05) is 26.8 Å². The van der Waals surface area contributed by atoms with Crippen molar-refractivity contribution < 1.29 is 4.79 Å². The van der Waals surface area contributed by atoms with Gasteiger partial charge in [-0.15, -0.1) is 0 Å². The minimum atomic E-state index is 0.0985. The summed E-state index contributed by atoms with van der Waals surface area (Å²) in [5.74, 6) is 0.247. The maximum atomic E-state index is 12.2. The number of thioether (sulfide) groups is 1. The predicted octanol–water partition coefficient (Wildman–Crippen LogP) is 4.13. The zero-order chi connectivity index (χ0) is 16.7. The molecular weight excluding hydrogens is 324 g/mol. The Morgan fingerprint density at radius 1 is 1.35 bits per heavy atom. The van der Waals surface area contributed by atoms with Crippen LogP contribution in [0.4, 0.5) is 5.69 Å². The maximum Gasteiger partial charge on any atom is 0.198 e. The molecule has 2 atom stereocenters. The van der Waals surface area contributed by atoms with Gasteiger partial charge < -0.3 is 5.73 Å². The number of allylic oxidation sites excluding steroid dienone is 2. The van der Waals surface area contributed by atoms with Gasteiger partial charge in [-0.2, -0.15) is 0 Å². The highest BCUT2D eigenvalue weighted by atomic mass is 32.2. The largest absolute Gasteiger partial charge is 0.389 e. The van der Waals surface area contributed by atoms with E-state index in [2.05, 4.69) is 12.2 Å². The molecule has 23 heavy (non-hydrogen) atoms. The van der Waals surface area contributed by atoms with E-state index in [1.54, 1.807) is 0 Å². The van der Waals surface area contributed by atoms with E-state index in [1.165, 1.54) is 11.8 Å². The summed E-state index contributed by atoms with van der Waals surface area (Å²) in [5.41, 5.74) is 10.8. The van der Waals surface area contributed by atoms with Crippen LogP contribution in [0.25, 0.3) is 0 Å². The standard InChI is InChI=1S/C18H20N2OS2/c1-9-8-14(16(19)22)10(2)11(3)15(9)20-17-12-6-4-5-7-13(12)18(21)23-17/h4,6,8,12-13H,5,7H2,1-3H3,(H2,19,22). The average molecular weight is 345 g/mol. The van der Waals surface area contributed by atoms with Crippen LogP contribution in [0.1, 0.15) is 35.1 Å². The van der Waals surface area contributed by atoms with Crippen molar-refractivity contribution in [2.24, 2.45) is 22.6 Å². The monoisotopic (exact) mass is 344 g/mol. The smallest absolute Gasteiger partial charge is 0.198 e. The SMILES string of the molecule is Cc1cc(C(N)=S)c(C)c(C)c1N=C1SC(=O)C2CCC=CC12. The van der Waals surface area contributed by atoms with Crippen molar-refractivity contribution in [3.8, 4) is 0 Å². The van der Waals surface area contributed by atoms with Crippen molar-refractivity contribution >= 4 is 44.8 Å². The fourth-order valence-electron chi connectivity index (χ4n) is 3.30. The van der Waals surface area contributed by atoms with E-state index in [9.17, 15) is 4.79 Å². The first kappa shape index (κ1) is 16.4. The fraction of sp³-hybridized carbons (Fsp3) is 0.389. The molecule has 0 spiro atoms. The molecule has 2 unspecified atom stereocenters. The first-order chi connectivity index (χ1) is 10.9. The van der Waals surface area contributed by atoms with Crippen molar-refractivity contribution in [1.82, 2.24) is 0 Å². The van der Waals surface area contributed by atoms with Gasteiger partial charge in [-0.25, -0.2) is 4.99 Å². The number of carbonyl (C=O) groups is 1. The molecule has 0 bridgehead atoms. The number of rotatable bonds is 2. The van der Waals surface area contributed by atoms with Crippen LogP contribution in [0, 0.1) is 32.6 Å². The van der Waals surface area contributed by atoms with Crippen LogP contribution in [0.3, 0.4) is 0 Å². The summed E-state index contributed by atoms with van der Waals surface area (Å²) in [7, 11) is 0. The van der Waals surface area contributed by atoms with Crippen LogP contribution < -0.4 is 5.73 Å². The fourth-order valence-corrected chi connectivity index (χ4v) is 4.65. The summed E-state index contributed by atoms with van der Waals surface area (Å²) in [6.45, 7) is 6.07. The maximum absolute atomic E-state index is 12.2. The van der Waals surface area contributed by atoms with Gasteiger partial charge in [0.2, 0.25) is 0 Å². The van der Waals surface area contributed by atoms with E-state index in [4.69, 9.17) is 22.9 Å². The second-order valence-electron chi connectivity index (χ2n) is 6.21. The van der Waals surface area contributed by atoms with Crippen LogP contribution in [0.2, 0.25) is 0 Å². The third kappa shape index (κ3) is 2.88. The number of nitrogens with zero attached hydrogens (tertiary/aromatic N) is 1. The van der Waals surface area contributed by atoms with Crippen molar-refractivity contribution in [1.29, 1.82) is 0 Å². The van der Waals surface area contributed by atoms with Crippen molar-refractivity contribution in [2.75, 3.05) is 0 Å². The summed E-state index contributed by atoms with van der Waals surface area (Å²) in [4.78, 5) is 17.5. The number of nitrogens with two attached hydrogens (primary N) is 1. The lowest BCUT2D eigenvalue weighted by Gasteiger charge is -2.18. The summed E-state index contributed by atoms with van der Waals surface area (Å²) in [6, 6.07) is 2.00.